The summed E-state index contributed by atoms with van der Waals surface area (Å²) in [5.74, 6) is -2.00. The van der Waals surface area contributed by atoms with Gasteiger partial charge < -0.3 is 14.9 Å². The highest BCUT2D eigenvalue weighted by Gasteiger charge is 2.55. The van der Waals surface area contributed by atoms with E-state index in [9.17, 15) is 27.9 Å². The zero-order valence-electron chi connectivity index (χ0n) is 13.7. The predicted molar refractivity (Wildman–Crippen MR) is 83.0 cm³/mol. The van der Waals surface area contributed by atoms with Crippen molar-refractivity contribution < 1.29 is 27.9 Å². The normalized spacial score (nSPS) is 27.2. The van der Waals surface area contributed by atoms with Gasteiger partial charge in [-0.15, -0.1) is 0 Å². The Labute approximate surface area is 143 Å². The summed E-state index contributed by atoms with van der Waals surface area (Å²) in [4.78, 5) is 27.8. The molecule has 2 atom stereocenters. The van der Waals surface area contributed by atoms with Crippen molar-refractivity contribution in [2.45, 2.75) is 12.6 Å². The lowest BCUT2D eigenvalue weighted by molar-refractivity contribution is -0.153. The molecule has 1 N–H and O–H groups in total. The van der Waals surface area contributed by atoms with Gasteiger partial charge >= 0.3 is 12.1 Å². The second kappa shape index (κ2) is 6.01. The molecule has 0 radical (unpaired) electrons. The third-order valence-electron chi connectivity index (χ3n) is 5.28. The van der Waals surface area contributed by atoms with E-state index in [4.69, 9.17) is 0 Å². The largest absolute Gasteiger partial charge is 0.481 e. The lowest BCUT2D eigenvalue weighted by Gasteiger charge is -2.39. The fraction of sp³-hybridized carbons (Fsp3) is 0.529. The van der Waals surface area contributed by atoms with Crippen LogP contribution in [0.5, 0.6) is 0 Å². The number of nitrogens with zero attached hydrogens (tertiary/aromatic N) is 2. The van der Waals surface area contributed by atoms with Crippen molar-refractivity contribution >= 4 is 11.9 Å². The Hall–Kier alpha value is -2.09. The fourth-order valence-corrected chi connectivity index (χ4v) is 4.01. The number of piperidine rings is 1. The Bertz CT molecular complexity index is 707. The van der Waals surface area contributed by atoms with Gasteiger partial charge in [0.2, 0.25) is 0 Å². The maximum absolute atomic E-state index is 13.2. The van der Waals surface area contributed by atoms with Crippen molar-refractivity contribution in [3.63, 3.8) is 0 Å². The molecule has 3 rings (SSSR count). The standard InChI is InChI=1S/C17H19F3N2O3/c1-21-7-6-11-8-22(10-16(11,9-21)15(24)25)14(23)12-4-2-3-5-13(12)17(18,19)20/h2-5,11H,6-10H2,1H3,(H,24,25)/t11-,16-/m1/s1. The summed E-state index contributed by atoms with van der Waals surface area (Å²) in [6.45, 7) is 1.10. The van der Waals surface area contributed by atoms with Crippen LogP contribution in [-0.2, 0) is 11.0 Å². The monoisotopic (exact) mass is 356 g/mol. The van der Waals surface area contributed by atoms with Crippen LogP contribution in [0.4, 0.5) is 13.2 Å². The summed E-state index contributed by atoms with van der Waals surface area (Å²) in [5, 5.41) is 9.73. The number of aliphatic carboxylic acids is 1. The van der Waals surface area contributed by atoms with Crippen molar-refractivity contribution in [2.75, 3.05) is 33.2 Å². The first-order chi connectivity index (χ1) is 11.6. The number of carboxylic acid groups (broad SMARTS) is 1. The first-order valence-electron chi connectivity index (χ1n) is 8.02. The van der Waals surface area contributed by atoms with Gasteiger partial charge in [-0.2, -0.15) is 13.2 Å². The summed E-state index contributed by atoms with van der Waals surface area (Å²) in [5.41, 5.74) is -2.53. The Kier molecular flexibility index (Phi) is 4.26. The molecule has 5 nitrogen and oxygen atoms in total. The smallest absolute Gasteiger partial charge is 0.417 e. The van der Waals surface area contributed by atoms with Gasteiger partial charge in [0.15, 0.2) is 0 Å². The van der Waals surface area contributed by atoms with Crippen molar-refractivity contribution in [1.82, 2.24) is 9.80 Å². The van der Waals surface area contributed by atoms with Crippen LogP contribution in [0.3, 0.4) is 0 Å². The minimum atomic E-state index is -4.64. The second-order valence-electron chi connectivity index (χ2n) is 6.91. The molecular weight excluding hydrogens is 337 g/mol. The van der Waals surface area contributed by atoms with Crippen LogP contribution in [0, 0.1) is 11.3 Å². The number of carbonyl (C=O) groups excluding carboxylic acids is 1. The first kappa shape index (κ1) is 17.7. The van der Waals surface area contributed by atoms with Crippen LogP contribution in [0.15, 0.2) is 24.3 Å². The maximum Gasteiger partial charge on any atom is 0.417 e. The molecule has 2 fully saturated rings. The molecule has 0 spiro atoms. The summed E-state index contributed by atoms with van der Waals surface area (Å²) in [6.07, 6.45) is -4.03. The van der Waals surface area contributed by atoms with E-state index in [1.165, 1.54) is 17.0 Å². The number of hydrogen-bond acceptors (Lipinski definition) is 3. The van der Waals surface area contributed by atoms with Gasteiger partial charge in [-0.05, 0) is 38.1 Å². The molecular formula is C17H19F3N2O3. The molecule has 0 aliphatic carbocycles. The van der Waals surface area contributed by atoms with E-state index in [1.807, 2.05) is 11.9 Å². The van der Waals surface area contributed by atoms with Crippen LogP contribution in [-0.4, -0.2) is 60.0 Å². The van der Waals surface area contributed by atoms with Crippen LogP contribution >= 0.6 is 0 Å². The van der Waals surface area contributed by atoms with Crippen molar-refractivity contribution in [3.05, 3.63) is 35.4 Å². The van der Waals surface area contributed by atoms with Gasteiger partial charge in [-0.1, -0.05) is 12.1 Å². The topological polar surface area (TPSA) is 60.9 Å². The Balaban J connectivity index is 1.92. The highest BCUT2D eigenvalue weighted by Crippen LogP contribution is 2.43. The van der Waals surface area contributed by atoms with Crippen LogP contribution in [0.25, 0.3) is 0 Å². The van der Waals surface area contributed by atoms with Gasteiger partial charge in [0.1, 0.15) is 5.41 Å². The Morgan fingerprint density at radius 3 is 2.56 bits per heavy atom. The molecule has 2 saturated heterocycles. The number of amides is 1. The summed E-state index contributed by atoms with van der Waals surface area (Å²) in [6, 6.07) is 4.63. The number of fused-ring (bicyclic) bond motifs is 1. The van der Waals surface area contributed by atoms with Crippen molar-refractivity contribution in [1.29, 1.82) is 0 Å². The third-order valence-corrected chi connectivity index (χ3v) is 5.28. The molecule has 0 unspecified atom stereocenters. The molecule has 2 aliphatic rings. The summed E-state index contributed by atoms with van der Waals surface area (Å²) < 4.78 is 39.5. The molecule has 2 heterocycles. The minimum absolute atomic E-state index is 0.0671. The lowest BCUT2D eigenvalue weighted by atomic mass is 9.73. The molecule has 2 aliphatic heterocycles. The van der Waals surface area contributed by atoms with E-state index in [-0.39, 0.29) is 25.6 Å². The molecule has 0 saturated carbocycles. The van der Waals surface area contributed by atoms with Crippen molar-refractivity contribution in [3.8, 4) is 0 Å². The maximum atomic E-state index is 13.2. The Morgan fingerprint density at radius 2 is 1.92 bits per heavy atom. The number of alkyl halides is 3. The molecule has 0 bridgehead atoms. The lowest BCUT2D eigenvalue weighted by Crippen LogP contribution is -2.52. The molecule has 25 heavy (non-hydrogen) atoms. The van der Waals surface area contributed by atoms with Gasteiger partial charge in [-0.3, -0.25) is 9.59 Å². The highest BCUT2D eigenvalue weighted by atomic mass is 19.4. The van der Waals surface area contributed by atoms with E-state index in [0.29, 0.717) is 13.0 Å². The number of benzene rings is 1. The van der Waals surface area contributed by atoms with Crippen LogP contribution in [0.1, 0.15) is 22.3 Å². The molecule has 1 aromatic carbocycles. The van der Waals surface area contributed by atoms with E-state index in [0.717, 1.165) is 12.1 Å². The number of likely N-dealkylation sites (tertiary alicyclic amines) is 2. The predicted octanol–water partition coefficient (Wildman–Crippen LogP) is 2.18. The summed E-state index contributed by atoms with van der Waals surface area (Å²) in [7, 11) is 1.81. The molecule has 1 amide bonds. The number of hydrogen-bond donors (Lipinski definition) is 1. The zero-order valence-corrected chi connectivity index (χ0v) is 13.7. The van der Waals surface area contributed by atoms with Gasteiger partial charge in [-0.25, -0.2) is 0 Å². The Morgan fingerprint density at radius 1 is 1.24 bits per heavy atom. The second-order valence-corrected chi connectivity index (χ2v) is 6.91. The number of carboxylic acids is 1. The van der Waals surface area contributed by atoms with Crippen molar-refractivity contribution in [2.24, 2.45) is 11.3 Å². The number of halogens is 3. The molecule has 1 aromatic rings. The number of carbonyl (C=O) groups is 2. The number of rotatable bonds is 2. The zero-order chi connectivity index (χ0) is 18.4. The molecule has 8 heteroatoms. The average Bonchev–Trinajstić information content (AvgIpc) is 2.93. The SMILES string of the molecule is CN1CC[C@@H]2CN(C(=O)c3ccccc3C(F)(F)F)C[C@]2(C(=O)O)C1. The molecule has 0 aromatic heterocycles. The minimum Gasteiger partial charge on any atom is -0.481 e. The van der Waals surface area contributed by atoms with Gasteiger partial charge in [0.05, 0.1) is 11.1 Å². The fourth-order valence-electron chi connectivity index (χ4n) is 4.01. The van der Waals surface area contributed by atoms with Gasteiger partial charge in [0, 0.05) is 19.6 Å². The van der Waals surface area contributed by atoms with Crippen LogP contribution < -0.4 is 0 Å². The van der Waals surface area contributed by atoms with E-state index >= 15 is 0 Å². The van der Waals surface area contributed by atoms with Crippen LogP contribution in [0.2, 0.25) is 0 Å². The first-order valence-corrected chi connectivity index (χ1v) is 8.02. The summed E-state index contributed by atoms with van der Waals surface area (Å²) >= 11 is 0. The van der Waals surface area contributed by atoms with E-state index in [1.54, 1.807) is 0 Å². The quantitative estimate of drug-likeness (QED) is 0.882. The highest BCUT2D eigenvalue weighted by molar-refractivity contribution is 5.96. The van der Waals surface area contributed by atoms with Gasteiger partial charge in [0.25, 0.3) is 5.91 Å². The molecule has 136 valence electrons. The average molecular weight is 356 g/mol. The van der Waals surface area contributed by atoms with E-state index < -0.39 is 34.6 Å². The van der Waals surface area contributed by atoms with E-state index in [2.05, 4.69) is 0 Å². The third kappa shape index (κ3) is 2.99.